The molecule has 230 valence electrons. The summed E-state index contributed by atoms with van der Waals surface area (Å²) in [5, 5.41) is 3.69. The van der Waals surface area contributed by atoms with Crippen molar-refractivity contribution in [3.05, 3.63) is 82.3 Å². The van der Waals surface area contributed by atoms with Gasteiger partial charge in [-0.1, -0.05) is 60.3 Å². The fraction of sp³-hybridized carbons (Fsp3) is 0.355. The Morgan fingerprint density at radius 1 is 0.953 bits per heavy atom. The van der Waals surface area contributed by atoms with E-state index in [1.54, 1.807) is 55.5 Å². The van der Waals surface area contributed by atoms with E-state index >= 15 is 0 Å². The number of anilines is 1. The standard InChI is InChI=1S/C31H35Cl2N3O6S/c1-21(31(38)34-23-9-7-8-10-23)35(19-22-13-15-26(32)27(33)17-22)30(37)20-36(43(39,40)25-11-5-4-6-12-25)28-18-24(41-2)14-16-29(28)42-3/h4-6,11-18,21,23H,7-10,19-20H2,1-3H3,(H,34,38)/t21-/m1/s1. The zero-order valence-corrected chi connectivity index (χ0v) is 26.6. The molecule has 1 aliphatic carbocycles. The smallest absolute Gasteiger partial charge is 0.264 e. The van der Waals surface area contributed by atoms with Crippen molar-refractivity contribution in [2.75, 3.05) is 25.1 Å². The Morgan fingerprint density at radius 2 is 1.65 bits per heavy atom. The van der Waals surface area contributed by atoms with Crippen LogP contribution in [0.25, 0.3) is 0 Å². The molecule has 3 aromatic rings. The average Bonchev–Trinajstić information content (AvgIpc) is 3.53. The minimum absolute atomic E-state index is 0.0105. The number of halogens is 2. The van der Waals surface area contributed by atoms with Crippen molar-refractivity contribution in [2.24, 2.45) is 0 Å². The third kappa shape index (κ3) is 7.74. The molecule has 1 N–H and O–H groups in total. The van der Waals surface area contributed by atoms with Gasteiger partial charge in [-0.25, -0.2) is 8.42 Å². The van der Waals surface area contributed by atoms with Crippen LogP contribution in [0.2, 0.25) is 10.0 Å². The summed E-state index contributed by atoms with van der Waals surface area (Å²) >= 11 is 12.4. The highest BCUT2D eigenvalue weighted by molar-refractivity contribution is 7.92. The van der Waals surface area contributed by atoms with Crippen LogP contribution in [0, 0.1) is 0 Å². The molecule has 1 aliphatic rings. The topological polar surface area (TPSA) is 105 Å². The number of methoxy groups -OCH3 is 2. The van der Waals surface area contributed by atoms with Gasteiger partial charge in [0.2, 0.25) is 11.8 Å². The third-order valence-corrected chi connectivity index (χ3v) is 9.98. The molecule has 0 saturated heterocycles. The molecule has 0 bridgehead atoms. The van der Waals surface area contributed by atoms with Gasteiger partial charge in [0.1, 0.15) is 24.1 Å². The fourth-order valence-electron chi connectivity index (χ4n) is 5.03. The van der Waals surface area contributed by atoms with Gasteiger partial charge in [0.15, 0.2) is 0 Å². The lowest BCUT2D eigenvalue weighted by Crippen LogP contribution is -2.52. The van der Waals surface area contributed by atoms with Crippen molar-refractivity contribution in [1.82, 2.24) is 10.2 Å². The van der Waals surface area contributed by atoms with Gasteiger partial charge in [-0.15, -0.1) is 0 Å². The molecule has 2 amide bonds. The quantitative estimate of drug-likeness (QED) is 0.271. The monoisotopic (exact) mass is 647 g/mol. The Balaban J connectivity index is 1.75. The van der Waals surface area contributed by atoms with Crippen LogP contribution in [-0.2, 0) is 26.2 Å². The highest BCUT2D eigenvalue weighted by atomic mass is 35.5. The first-order valence-electron chi connectivity index (χ1n) is 13.9. The Morgan fingerprint density at radius 3 is 2.28 bits per heavy atom. The van der Waals surface area contributed by atoms with Crippen molar-refractivity contribution in [3.63, 3.8) is 0 Å². The molecular formula is C31H35Cl2N3O6S. The van der Waals surface area contributed by atoms with E-state index in [0.717, 1.165) is 30.0 Å². The summed E-state index contributed by atoms with van der Waals surface area (Å²) in [5.41, 5.74) is 0.733. The molecule has 0 spiro atoms. The molecule has 3 aromatic carbocycles. The minimum atomic E-state index is -4.28. The van der Waals surface area contributed by atoms with E-state index in [1.807, 2.05) is 0 Å². The van der Waals surface area contributed by atoms with E-state index in [4.69, 9.17) is 32.7 Å². The van der Waals surface area contributed by atoms with Crippen LogP contribution in [0.1, 0.15) is 38.2 Å². The predicted molar refractivity (Wildman–Crippen MR) is 167 cm³/mol. The normalized spacial score (nSPS) is 14.2. The summed E-state index contributed by atoms with van der Waals surface area (Å²) in [5.74, 6) is -0.342. The second-order valence-electron chi connectivity index (χ2n) is 10.3. The number of carbonyl (C=O) groups excluding carboxylic acids is 2. The van der Waals surface area contributed by atoms with Gasteiger partial charge in [-0.3, -0.25) is 13.9 Å². The van der Waals surface area contributed by atoms with Crippen molar-refractivity contribution in [1.29, 1.82) is 0 Å². The Labute approximate surface area is 262 Å². The van der Waals surface area contributed by atoms with Crippen LogP contribution < -0.4 is 19.1 Å². The number of nitrogens with zero attached hydrogens (tertiary/aromatic N) is 2. The first-order chi connectivity index (χ1) is 20.5. The highest BCUT2D eigenvalue weighted by Gasteiger charge is 2.34. The number of carbonyl (C=O) groups is 2. The van der Waals surface area contributed by atoms with Crippen molar-refractivity contribution >= 4 is 50.7 Å². The molecule has 0 unspecified atom stereocenters. The maximum atomic E-state index is 14.2. The maximum Gasteiger partial charge on any atom is 0.264 e. The number of rotatable bonds is 12. The zero-order valence-electron chi connectivity index (χ0n) is 24.3. The molecule has 0 radical (unpaired) electrons. The number of hydrogen-bond acceptors (Lipinski definition) is 6. The molecule has 0 heterocycles. The van der Waals surface area contributed by atoms with Crippen molar-refractivity contribution < 1.29 is 27.5 Å². The number of nitrogens with one attached hydrogen (secondary N) is 1. The van der Waals surface area contributed by atoms with Gasteiger partial charge in [-0.2, -0.15) is 0 Å². The van der Waals surface area contributed by atoms with Crippen LogP contribution >= 0.6 is 23.2 Å². The molecule has 1 fully saturated rings. The number of sulfonamides is 1. The van der Waals surface area contributed by atoms with E-state index < -0.39 is 28.5 Å². The molecule has 4 rings (SSSR count). The molecule has 1 atom stereocenters. The van der Waals surface area contributed by atoms with Crippen molar-refractivity contribution in [3.8, 4) is 11.5 Å². The van der Waals surface area contributed by atoms with Gasteiger partial charge in [-0.05, 0) is 61.7 Å². The van der Waals surface area contributed by atoms with Crippen LogP contribution in [0.15, 0.2) is 71.6 Å². The van der Waals surface area contributed by atoms with Gasteiger partial charge in [0.25, 0.3) is 10.0 Å². The van der Waals surface area contributed by atoms with Gasteiger partial charge >= 0.3 is 0 Å². The lowest BCUT2D eigenvalue weighted by Gasteiger charge is -2.33. The highest BCUT2D eigenvalue weighted by Crippen LogP contribution is 2.36. The van der Waals surface area contributed by atoms with Crippen LogP contribution in [-0.4, -0.2) is 58.0 Å². The molecule has 9 nitrogen and oxygen atoms in total. The van der Waals surface area contributed by atoms with Gasteiger partial charge in [0.05, 0.1) is 34.8 Å². The fourth-order valence-corrected chi connectivity index (χ4v) is 6.79. The number of amides is 2. The predicted octanol–water partition coefficient (Wildman–Crippen LogP) is 5.68. The molecule has 12 heteroatoms. The Kier molecular flexibility index (Phi) is 10.8. The van der Waals surface area contributed by atoms with Crippen molar-refractivity contribution in [2.45, 2.75) is 56.1 Å². The summed E-state index contributed by atoms with van der Waals surface area (Å²) in [6.07, 6.45) is 3.80. The Hall–Kier alpha value is -3.47. The summed E-state index contributed by atoms with van der Waals surface area (Å²) in [6.45, 7) is 0.994. The summed E-state index contributed by atoms with van der Waals surface area (Å²) in [4.78, 5) is 28.9. The first-order valence-corrected chi connectivity index (χ1v) is 16.1. The lowest BCUT2D eigenvalue weighted by molar-refractivity contribution is -0.139. The molecule has 0 aliphatic heterocycles. The van der Waals surface area contributed by atoms with Crippen LogP contribution in [0.5, 0.6) is 11.5 Å². The van der Waals surface area contributed by atoms with E-state index in [2.05, 4.69) is 5.32 Å². The molecule has 1 saturated carbocycles. The second-order valence-corrected chi connectivity index (χ2v) is 13.0. The molecule has 43 heavy (non-hydrogen) atoms. The summed E-state index contributed by atoms with van der Waals surface area (Å²) in [6, 6.07) is 16.5. The molecular weight excluding hydrogens is 613 g/mol. The SMILES string of the molecule is COc1ccc(OC)c(N(CC(=O)N(Cc2ccc(Cl)c(Cl)c2)[C@H](C)C(=O)NC2CCCC2)S(=O)(=O)c2ccccc2)c1. The second kappa shape index (κ2) is 14.3. The number of ether oxygens (including phenoxy) is 2. The van der Waals surface area contributed by atoms with Crippen LogP contribution in [0.4, 0.5) is 5.69 Å². The van der Waals surface area contributed by atoms with E-state index in [-0.39, 0.29) is 34.8 Å². The Bertz CT molecular complexity index is 1550. The van der Waals surface area contributed by atoms with E-state index in [9.17, 15) is 18.0 Å². The number of hydrogen-bond donors (Lipinski definition) is 1. The first kappa shape index (κ1) is 32.4. The summed E-state index contributed by atoms with van der Waals surface area (Å²) < 4.78 is 40.0. The maximum absolute atomic E-state index is 14.2. The van der Waals surface area contributed by atoms with Gasteiger partial charge < -0.3 is 19.7 Å². The third-order valence-electron chi connectivity index (χ3n) is 7.47. The average molecular weight is 649 g/mol. The number of benzene rings is 3. The van der Waals surface area contributed by atoms with Gasteiger partial charge in [0, 0.05) is 18.7 Å². The zero-order chi connectivity index (χ0) is 31.1. The molecule has 0 aromatic heterocycles. The summed E-state index contributed by atoms with van der Waals surface area (Å²) in [7, 11) is -1.41. The van der Waals surface area contributed by atoms with E-state index in [1.165, 1.54) is 37.3 Å². The lowest BCUT2D eigenvalue weighted by atomic mass is 10.1. The minimum Gasteiger partial charge on any atom is -0.497 e. The largest absolute Gasteiger partial charge is 0.497 e. The van der Waals surface area contributed by atoms with Crippen LogP contribution in [0.3, 0.4) is 0 Å². The van der Waals surface area contributed by atoms with E-state index in [0.29, 0.717) is 21.4 Å².